The molecule has 1 aromatic heterocycles. The smallest absolute Gasteiger partial charge is 0.234 e. The van der Waals surface area contributed by atoms with Crippen molar-refractivity contribution >= 4 is 18.3 Å². The number of hydrogen-bond donors (Lipinski definition) is 2. The van der Waals surface area contributed by atoms with E-state index in [1.165, 1.54) is 11.1 Å². The minimum atomic E-state index is 0. The predicted octanol–water partition coefficient (Wildman–Crippen LogP) is 3.43. The van der Waals surface area contributed by atoms with E-state index in [9.17, 15) is 4.79 Å². The van der Waals surface area contributed by atoms with Crippen molar-refractivity contribution in [3.8, 4) is 0 Å². The molecule has 2 unspecified atom stereocenters. The molecule has 2 heterocycles. The Morgan fingerprint density at radius 3 is 2.43 bits per heavy atom. The van der Waals surface area contributed by atoms with Crippen LogP contribution >= 0.6 is 12.4 Å². The Morgan fingerprint density at radius 1 is 1.20 bits per heavy atom. The van der Waals surface area contributed by atoms with Gasteiger partial charge in [0.25, 0.3) is 0 Å². The van der Waals surface area contributed by atoms with Crippen LogP contribution in [0, 0.1) is 5.92 Å². The van der Waals surface area contributed by atoms with Gasteiger partial charge in [-0.15, -0.1) is 12.4 Å². The number of nitrogens with one attached hydrogen (secondary N) is 2. The van der Waals surface area contributed by atoms with Crippen molar-refractivity contribution in [3.63, 3.8) is 0 Å². The van der Waals surface area contributed by atoms with Gasteiger partial charge in [0.15, 0.2) is 0 Å². The minimum Gasteiger partial charge on any atom is -0.348 e. The van der Waals surface area contributed by atoms with Gasteiger partial charge < -0.3 is 15.2 Å². The standard InChI is InChI=1S/C23H35N5O.ClH/c1-16(2)18-6-8-19(9-7-18)22(17(3)4)26-21(29)15-28-13-10-24-14-20(28)23-25-11-12-27(23)5;/h6-9,11-12,16-17,20,22,24H,10,13-15H2,1-5H3,(H,26,29);1H. The van der Waals surface area contributed by atoms with Crippen LogP contribution in [0.4, 0.5) is 0 Å². The third kappa shape index (κ3) is 5.84. The SMILES string of the molecule is CC(C)c1ccc(C(NC(=O)CN2CCNCC2c2nccn2C)C(C)C)cc1.Cl. The highest BCUT2D eigenvalue weighted by molar-refractivity contribution is 5.85. The quantitative estimate of drug-likeness (QED) is 0.702. The second kappa shape index (κ2) is 10.9. The predicted molar refractivity (Wildman–Crippen MR) is 124 cm³/mol. The minimum absolute atomic E-state index is 0. The fourth-order valence-electron chi connectivity index (χ4n) is 4.02. The van der Waals surface area contributed by atoms with Gasteiger partial charge in [0.1, 0.15) is 5.82 Å². The number of imidazole rings is 1. The number of carbonyl (C=O) groups excluding carboxylic acids is 1. The lowest BCUT2D eigenvalue weighted by atomic mass is 9.93. The van der Waals surface area contributed by atoms with Crippen LogP contribution in [0.5, 0.6) is 0 Å². The van der Waals surface area contributed by atoms with E-state index in [4.69, 9.17) is 0 Å². The molecule has 1 saturated heterocycles. The van der Waals surface area contributed by atoms with E-state index in [0.717, 1.165) is 25.5 Å². The molecule has 2 atom stereocenters. The fourth-order valence-corrected chi connectivity index (χ4v) is 4.02. The summed E-state index contributed by atoms with van der Waals surface area (Å²) in [6.45, 7) is 11.6. The topological polar surface area (TPSA) is 62.2 Å². The average molecular weight is 434 g/mol. The molecule has 0 bridgehead atoms. The zero-order valence-corrected chi connectivity index (χ0v) is 19.6. The van der Waals surface area contributed by atoms with Crippen molar-refractivity contribution in [2.75, 3.05) is 26.2 Å². The molecular formula is C23H36ClN5O. The van der Waals surface area contributed by atoms with E-state index in [-0.39, 0.29) is 30.4 Å². The molecule has 0 spiro atoms. The molecule has 1 fully saturated rings. The monoisotopic (exact) mass is 433 g/mol. The Hall–Kier alpha value is -1.89. The molecule has 166 valence electrons. The normalized spacial score (nSPS) is 18.3. The summed E-state index contributed by atoms with van der Waals surface area (Å²) < 4.78 is 2.04. The number of aryl methyl sites for hydroxylation is 1. The number of piperazine rings is 1. The molecule has 2 aromatic rings. The highest BCUT2D eigenvalue weighted by Crippen LogP contribution is 2.25. The van der Waals surface area contributed by atoms with Crippen molar-refractivity contribution in [1.29, 1.82) is 0 Å². The van der Waals surface area contributed by atoms with Crippen LogP contribution in [-0.4, -0.2) is 46.5 Å². The van der Waals surface area contributed by atoms with E-state index in [1.54, 1.807) is 0 Å². The van der Waals surface area contributed by atoms with E-state index >= 15 is 0 Å². The zero-order chi connectivity index (χ0) is 21.0. The summed E-state index contributed by atoms with van der Waals surface area (Å²) in [5, 5.41) is 6.71. The van der Waals surface area contributed by atoms with E-state index < -0.39 is 0 Å². The van der Waals surface area contributed by atoms with Gasteiger partial charge in [-0.1, -0.05) is 52.0 Å². The maximum Gasteiger partial charge on any atom is 0.234 e. The van der Waals surface area contributed by atoms with E-state index in [1.807, 2.05) is 24.0 Å². The Labute approximate surface area is 186 Å². The Morgan fingerprint density at radius 2 is 1.87 bits per heavy atom. The summed E-state index contributed by atoms with van der Waals surface area (Å²) in [6, 6.07) is 8.78. The van der Waals surface area contributed by atoms with Gasteiger partial charge in [0, 0.05) is 39.1 Å². The van der Waals surface area contributed by atoms with Gasteiger partial charge in [0.05, 0.1) is 18.6 Å². The summed E-state index contributed by atoms with van der Waals surface area (Å²) >= 11 is 0. The second-order valence-electron chi connectivity index (χ2n) is 8.70. The zero-order valence-electron chi connectivity index (χ0n) is 18.8. The molecule has 30 heavy (non-hydrogen) atoms. The number of amides is 1. The maximum atomic E-state index is 13.0. The Balaban J connectivity index is 0.00000320. The van der Waals surface area contributed by atoms with Crippen LogP contribution in [0.3, 0.4) is 0 Å². The number of nitrogens with zero attached hydrogens (tertiary/aromatic N) is 3. The van der Waals surface area contributed by atoms with Gasteiger partial charge in [-0.3, -0.25) is 9.69 Å². The second-order valence-corrected chi connectivity index (χ2v) is 8.70. The lowest BCUT2D eigenvalue weighted by Gasteiger charge is -2.35. The molecule has 1 amide bonds. The van der Waals surface area contributed by atoms with E-state index in [2.05, 4.69) is 72.5 Å². The molecular weight excluding hydrogens is 398 g/mol. The molecule has 0 aliphatic carbocycles. The molecule has 0 saturated carbocycles. The first-order chi connectivity index (χ1) is 13.9. The van der Waals surface area contributed by atoms with Crippen LogP contribution < -0.4 is 10.6 Å². The van der Waals surface area contributed by atoms with Crippen molar-refractivity contribution < 1.29 is 4.79 Å². The third-order valence-electron chi connectivity index (χ3n) is 5.80. The molecule has 0 radical (unpaired) electrons. The fraction of sp³-hybridized carbons (Fsp3) is 0.565. The van der Waals surface area contributed by atoms with E-state index in [0.29, 0.717) is 18.4 Å². The average Bonchev–Trinajstić information content (AvgIpc) is 3.12. The lowest BCUT2D eigenvalue weighted by molar-refractivity contribution is -0.124. The summed E-state index contributed by atoms with van der Waals surface area (Å²) in [5.74, 6) is 1.89. The highest BCUT2D eigenvalue weighted by Gasteiger charge is 2.29. The highest BCUT2D eigenvalue weighted by atomic mass is 35.5. The van der Waals surface area contributed by atoms with Crippen molar-refractivity contribution in [1.82, 2.24) is 25.1 Å². The van der Waals surface area contributed by atoms with Crippen LogP contribution in [0.1, 0.15) is 62.6 Å². The maximum absolute atomic E-state index is 13.0. The third-order valence-corrected chi connectivity index (χ3v) is 5.80. The lowest BCUT2D eigenvalue weighted by Crippen LogP contribution is -2.50. The van der Waals surface area contributed by atoms with Crippen molar-refractivity contribution in [3.05, 3.63) is 53.6 Å². The number of aromatic nitrogens is 2. The molecule has 2 N–H and O–H groups in total. The van der Waals surface area contributed by atoms with Gasteiger partial charge in [-0.25, -0.2) is 4.98 Å². The first-order valence-electron chi connectivity index (χ1n) is 10.7. The van der Waals surface area contributed by atoms with Gasteiger partial charge in [-0.2, -0.15) is 0 Å². The van der Waals surface area contributed by atoms with Crippen molar-refractivity contribution in [2.24, 2.45) is 13.0 Å². The van der Waals surface area contributed by atoms with Crippen LogP contribution in [0.2, 0.25) is 0 Å². The van der Waals surface area contributed by atoms with Gasteiger partial charge >= 0.3 is 0 Å². The molecule has 1 aliphatic heterocycles. The van der Waals surface area contributed by atoms with Crippen LogP contribution in [0.15, 0.2) is 36.7 Å². The Bertz CT molecular complexity index is 802. The molecule has 6 nitrogen and oxygen atoms in total. The number of hydrogen-bond acceptors (Lipinski definition) is 4. The first kappa shape index (κ1) is 24.4. The number of halogens is 1. The van der Waals surface area contributed by atoms with Gasteiger partial charge in [-0.05, 0) is 23.0 Å². The summed E-state index contributed by atoms with van der Waals surface area (Å²) in [5.41, 5.74) is 2.49. The molecule has 1 aromatic carbocycles. The Kier molecular flexibility index (Phi) is 8.89. The number of rotatable bonds is 7. The number of benzene rings is 1. The first-order valence-corrected chi connectivity index (χ1v) is 10.7. The van der Waals surface area contributed by atoms with Gasteiger partial charge in [0.2, 0.25) is 5.91 Å². The van der Waals surface area contributed by atoms with Crippen molar-refractivity contribution in [2.45, 2.75) is 45.7 Å². The number of carbonyl (C=O) groups is 1. The van der Waals surface area contributed by atoms with Crippen LogP contribution in [-0.2, 0) is 11.8 Å². The summed E-state index contributed by atoms with van der Waals surface area (Å²) in [4.78, 5) is 19.7. The van der Waals surface area contributed by atoms with Crippen LogP contribution in [0.25, 0.3) is 0 Å². The summed E-state index contributed by atoms with van der Waals surface area (Å²) in [7, 11) is 2.00. The molecule has 7 heteroatoms. The molecule has 3 rings (SSSR count). The molecule has 1 aliphatic rings. The largest absolute Gasteiger partial charge is 0.348 e. The summed E-state index contributed by atoms with van der Waals surface area (Å²) in [6.07, 6.45) is 3.77.